The van der Waals surface area contributed by atoms with Crippen LogP contribution in [-0.2, 0) is 6.47 Å². The normalized spacial score (nSPS) is 20.4. The highest BCUT2D eigenvalue weighted by molar-refractivity contribution is 9.25. The van der Waals surface area contributed by atoms with Crippen molar-refractivity contribution < 1.29 is 19.8 Å². The number of benzene rings is 2. The molecule has 2 N–H and O–H groups in total. The Morgan fingerprint density at radius 2 is 1.03 bits per heavy atom. The van der Waals surface area contributed by atoms with Gasteiger partial charge >= 0.3 is 11.9 Å². The third-order valence-corrected chi connectivity index (χ3v) is 7.82. The lowest BCUT2D eigenvalue weighted by Gasteiger charge is -2.31. The van der Waals surface area contributed by atoms with Gasteiger partial charge in [-0.05, 0) is 34.4 Å². The Morgan fingerprint density at radius 1 is 0.667 bits per heavy atom. The number of aromatic carboxylic acids is 2. The fourth-order valence-electron chi connectivity index (χ4n) is 3.77. The Balaban J connectivity index is 2.16. The summed E-state index contributed by atoms with van der Waals surface area (Å²) >= 11 is 14.4. The predicted octanol–water partition coefficient (Wildman–Crippen LogP) is 7.02. The van der Waals surface area contributed by atoms with Gasteiger partial charge in [-0.1, -0.05) is 112 Å². The van der Waals surface area contributed by atoms with Crippen LogP contribution in [0.4, 0.5) is 0 Å². The minimum Gasteiger partial charge on any atom is -0.478 e. The maximum atomic E-state index is 12.0. The number of carboxylic acid groups (broad SMARTS) is 2. The Labute approximate surface area is 205 Å². The second-order valence-corrected chi connectivity index (χ2v) is 13.9. The summed E-state index contributed by atoms with van der Waals surface area (Å²) in [6, 6.07) is 10.2. The molecule has 0 unspecified atom stereocenters. The number of hydrogen-bond acceptors (Lipinski definition) is 2. The topological polar surface area (TPSA) is 74.6 Å². The lowest BCUT2D eigenvalue weighted by Crippen LogP contribution is -2.19. The number of carboxylic acids is 2. The first-order chi connectivity index (χ1) is 14.0. The van der Waals surface area contributed by atoms with Gasteiger partial charge in [-0.25, -0.2) is 9.59 Å². The Bertz CT molecular complexity index is 1110. The molecule has 0 saturated carbocycles. The Kier molecular flexibility index (Phi) is 5.50. The van der Waals surface area contributed by atoms with E-state index in [1.807, 2.05) is 36.4 Å². The third kappa shape index (κ3) is 3.47. The number of halogens is 4. The van der Waals surface area contributed by atoms with E-state index in [1.165, 1.54) is 0 Å². The molecule has 4 nitrogen and oxygen atoms in total. The van der Waals surface area contributed by atoms with E-state index in [9.17, 15) is 19.8 Å². The minimum atomic E-state index is -1.06. The van der Waals surface area contributed by atoms with Gasteiger partial charge in [0.2, 0.25) is 0 Å². The molecular weight excluding hydrogens is 648 g/mol. The zero-order valence-electron chi connectivity index (χ0n) is 15.0. The van der Waals surface area contributed by atoms with Crippen LogP contribution in [0.1, 0.15) is 43.0 Å². The van der Waals surface area contributed by atoms with E-state index in [2.05, 4.69) is 63.7 Å². The number of alkyl halides is 4. The lowest BCUT2D eigenvalue weighted by molar-refractivity contribution is 0.0685. The molecule has 0 amide bonds. The Morgan fingerprint density at radius 3 is 1.37 bits per heavy atom. The maximum absolute atomic E-state index is 12.0. The predicted molar refractivity (Wildman–Crippen MR) is 131 cm³/mol. The van der Waals surface area contributed by atoms with Crippen molar-refractivity contribution in [2.24, 2.45) is 0 Å². The molecule has 2 aliphatic rings. The number of carbonyl (C=O) groups is 2. The van der Waals surface area contributed by atoms with Crippen LogP contribution in [0, 0.1) is 0 Å². The van der Waals surface area contributed by atoms with Crippen LogP contribution in [0.3, 0.4) is 0 Å². The van der Waals surface area contributed by atoms with Gasteiger partial charge < -0.3 is 10.2 Å². The van der Waals surface area contributed by atoms with E-state index in [0.29, 0.717) is 22.3 Å². The molecule has 0 radical (unpaired) electrons. The van der Waals surface area contributed by atoms with Crippen molar-refractivity contribution in [3.63, 3.8) is 0 Å². The molecule has 0 fully saturated rings. The number of hydrogen-bond donors (Lipinski definition) is 2. The largest absolute Gasteiger partial charge is 0.478 e. The fraction of sp³-hybridized carbons (Fsp3) is 0.0909. The van der Waals surface area contributed by atoms with Gasteiger partial charge in [0.1, 0.15) is 6.47 Å². The van der Waals surface area contributed by atoms with Crippen molar-refractivity contribution in [3.8, 4) is 0 Å². The quantitative estimate of drug-likeness (QED) is 0.340. The van der Waals surface area contributed by atoms with E-state index in [1.54, 1.807) is 24.3 Å². The maximum Gasteiger partial charge on any atom is 0.336 e. The Hall–Kier alpha value is -1.48. The van der Waals surface area contributed by atoms with Crippen LogP contribution in [0.2, 0.25) is 0 Å². The first kappa shape index (κ1) is 21.7. The van der Waals surface area contributed by atoms with Crippen LogP contribution in [-0.4, -0.2) is 22.2 Å². The van der Waals surface area contributed by atoms with Gasteiger partial charge in [-0.2, -0.15) is 0 Å². The zero-order chi connectivity index (χ0) is 21.8. The molecule has 0 spiro atoms. The van der Waals surface area contributed by atoms with Gasteiger partial charge in [0.25, 0.3) is 0 Å². The minimum absolute atomic E-state index is 0.139. The molecule has 0 atom stereocenters. The van der Waals surface area contributed by atoms with Crippen molar-refractivity contribution in [1.82, 2.24) is 0 Å². The van der Waals surface area contributed by atoms with E-state index < -0.39 is 18.4 Å². The molecule has 152 valence electrons. The first-order valence-corrected chi connectivity index (χ1v) is 11.8. The SMILES string of the molecule is O=C(O)c1cccc2c1C(=C1C=CC(Br)(Br)c3cccc(C(=O)O)c31)C=CC2(Br)Br. The first-order valence-electron chi connectivity index (χ1n) is 8.67. The molecule has 0 heterocycles. The summed E-state index contributed by atoms with van der Waals surface area (Å²) in [6.07, 6.45) is 7.36. The molecule has 0 saturated heterocycles. The van der Waals surface area contributed by atoms with E-state index in [0.717, 1.165) is 11.1 Å². The van der Waals surface area contributed by atoms with Crippen molar-refractivity contribution in [1.29, 1.82) is 0 Å². The zero-order valence-corrected chi connectivity index (χ0v) is 21.3. The average molecular weight is 660 g/mol. The molecule has 4 rings (SSSR count). The van der Waals surface area contributed by atoms with Crippen molar-refractivity contribution in [2.45, 2.75) is 6.47 Å². The van der Waals surface area contributed by atoms with E-state index >= 15 is 0 Å². The summed E-state index contributed by atoms with van der Waals surface area (Å²) in [4.78, 5) is 24.1. The molecule has 30 heavy (non-hydrogen) atoms. The fourth-order valence-corrected chi connectivity index (χ4v) is 5.62. The smallest absolute Gasteiger partial charge is 0.336 e. The third-order valence-electron chi connectivity index (χ3n) is 5.06. The molecule has 2 aromatic rings. The molecule has 0 aromatic heterocycles. The van der Waals surface area contributed by atoms with Crippen molar-refractivity contribution in [2.75, 3.05) is 0 Å². The number of allylic oxidation sites excluding steroid dienone is 6. The van der Waals surface area contributed by atoms with Crippen LogP contribution < -0.4 is 0 Å². The summed E-state index contributed by atoms with van der Waals surface area (Å²) in [7, 11) is 0. The lowest BCUT2D eigenvalue weighted by atomic mass is 9.80. The summed E-state index contributed by atoms with van der Waals surface area (Å²) in [5.41, 5.74) is 4.07. The van der Waals surface area contributed by atoms with Crippen molar-refractivity contribution in [3.05, 3.63) is 94.1 Å². The number of rotatable bonds is 2. The highest BCUT2D eigenvalue weighted by Crippen LogP contribution is 2.53. The van der Waals surface area contributed by atoms with Crippen molar-refractivity contribution >= 4 is 86.8 Å². The molecule has 2 aromatic carbocycles. The standard InChI is InChI=1S/C22H12Br4O4/c23-21(24)9-7-11(17-13(19(27)28)3-1-5-15(17)21)12-8-10-22(25,26)16-6-2-4-14(18(12)16)20(29)30/h1-10H,(H,27,28)(H,29,30). The van der Waals surface area contributed by atoms with Crippen LogP contribution >= 0.6 is 63.7 Å². The van der Waals surface area contributed by atoms with Crippen LogP contribution in [0.25, 0.3) is 11.1 Å². The van der Waals surface area contributed by atoms with Gasteiger partial charge in [0, 0.05) is 11.1 Å². The summed E-state index contributed by atoms with van der Waals surface area (Å²) in [5, 5.41) is 19.7. The van der Waals surface area contributed by atoms with E-state index in [4.69, 9.17) is 0 Å². The molecule has 0 aliphatic heterocycles. The molecule has 0 bridgehead atoms. The molecular formula is C22H12Br4O4. The molecule has 2 aliphatic carbocycles. The van der Waals surface area contributed by atoms with Crippen LogP contribution in [0.15, 0.2) is 60.7 Å². The van der Waals surface area contributed by atoms with Gasteiger partial charge in [0.05, 0.1) is 11.1 Å². The van der Waals surface area contributed by atoms with Crippen LogP contribution in [0.5, 0.6) is 0 Å². The summed E-state index contributed by atoms with van der Waals surface area (Å²) < 4.78 is -1.46. The second kappa shape index (κ2) is 7.58. The number of fused-ring (bicyclic) bond motifs is 2. The highest BCUT2D eigenvalue weighted by Gasteiger charge is 2.37. The van der Waals surface area contributed by atoms with Gasteiger partial charge in [-0.3, -0.25) is 0 Å². The second-order valence-electron chi connectivity index (χ2n) is 6.81. The van der Waals surface area contributed by atoms with Gasteiger partial charge in [0.15, 0.2) is 0 Å². The highest BCUT2D eigenvalue weighted by atomic mass is 79.9. The van der Waals surface area contributed by atoms with Gasteiger partial charge in [-0.15, -0.1) is 0 Å². The molecule has 8 heteroatoms. The average Bonchev–Trinajstić information content (AvgIpc) is 2.68. The summed E-state index contributed by atoms with van der Waals surface area (Å²) in [5.74, 6) is -2.11. The van der Waals surface area contributed by atoms with E-state index in [-0.39, 0.29) is 11.1 Å². The monoisotopic (exact) mass is 656 g/mol. The summed E-state index contributed by atoms with van der Waals surface area (Å²) in [6.45, 7) is 0.